The summed E-state index contributed by atoms with van der Waals surface area (Å²) in [5.74, 6) is 0.248. The maximum atomic E-state index is 14.9. The number of halogens is 2. The van der Waals surface area contributed by atoms with Gasteiger partial charge in [0.15, 0.2) is 23.0 Å². The van der Waals surface area contributed by atoms with Crippen LogP contribution in [0.5, 0.6) is 17.2 Å². The predicted octanol–water partition coefficient (Wildman–Crippen LogP) is 5.02. The number of ether oxygens (including phenoxy) is 3. The van der Waals surface area contributed by atoms with E-state index in [1.54, 1.807) is 16.6 Å². The second-order valence-electron chi connectivity index (χ2n) is 10.2. The highest BCUT2D eigenvalue weighted by molar-refractivity contribution is 5.99. The molecule has 2 amide bonds. The lowest BCUT2D eigenvalue weighted by Crippen LogP contribution is -2.26. The summed E-state index contributed by atoms with van der Waals surface area (Å²) in [7, 11) is 4.48. The molecule has 2 fully saturated rings. The largest absolute Gasteiger partial charge is 0.493 e. The van der Waals surface area contributed by atoms with Crippen molar-refractivity contribution in [3.05, 3.63) is 71.6 Å². The van der Waals surface area contributed by atoms with Gasteiger partial charge in [-0.05, 0) is 55.3 Å². The third kappa shape index (κ3) is 4.88. The van der Waals surface area contributed by atoms with Gasteiger partial charge in [-0.15, -0.1) is 0 Å². The monoisotopic (exact) mass is 564 g/mol. The minimum atomic E-state index is -0.532. The Labute approximate surface area is 235 Å². The Morgan fingerprint density at radius 2 is 1.78 bits per heavy atom. The Balaban J connectivity index is 1.29. The first-order chi connectivity index (χ1) is 19.9. The minimum Gasteiger partial charge on any atom is -0.493 e. The Hall–Kier alpha value is -4.45. The van der Waals surface area contributed by atoms with Crippen LogP contribution < -0.4 is 24.8 Å². The number of anilines is 2. The number of urea groups is 1. The Kier molecular flexibility index (Phi) is 7.08. The van der Waals surface area contributed by atoms with E-state index in [1.807, 2.05) is 12.1 Å². The van der Waals surface area contributed by atoms with Crippen molar-refractivity contribution in [3.8, 4) is 17.2 Å². The van der Waals surface area contributed by atoms with Crippen LogP contribution in [0.15, 0.2) is 48.7 Å². The van der Waals surface area contributed by atoms with Crippen LogP contribution in [0.4, 0.5) is 25.1 Å². The van der Waals surface area contributed by atoms with Crippen LogP contribution >= 0.6 is 0 Å². The quantitative estimate of drug-likeness (QED) is 0.325. The Bertz CT molecular complexity index is 1590. The third-order valence-corrected chi connectivity index (χ3v) is 7.94. The van der Waals surface area contributed by atoms with Crippen molar-refractivity contribution in [2.45, 2.75) is 30.7 Å². The van der Waals surface area contributed by atoms with Crippen molar-refractivity contribution < 1.29 is 27.8 Å². The fraction of sp³-hybridized carbons (Fsp3) is 0.345. The van der Waals surface area contributed by atoms with Crippen LogP contribution in [0.1, 0.15) is 35.9 Å². The number of carbonyl (C=O) groups excluding carboxylic acids is 1. The molecule has 4 heterocycles. The molecule has 0 saturated carbocycles. The zero-order valence-electron chi connectivity index (χ0n) is 22.9. The zero-order valence-corrected chi connectivity index (χ0v) is 22.9. The number of nitrogens with one attached hydrogen (secondary N) is 2. The van der Waals surface area contributed by atoms with Crippen LogP contribution in [-0.4, -0.2) is 66.0 Å². The fourth-order valence-corrected chi connectivity index (χ4v) is 6.20. The summed E-state index contributed by atoms with van der Waals surface area (Å²) in [4.78, 5) is 19.7. The van der Waals surface area contributed by atoms with Crippen LogP contribution in [0.3, 0.4) is 0 Å². The number of methoxy groups -OCH3 is 3. The van der Waals surface area contributed by atoms with Gasteiger partial charge >= 0.3 is 6.03 Å². The molecule has 2 unspecified atom stereocenters. The third-order valence-electron chi connectivity index (χ3n) is 7.94. The van der Waals surface area contributed by atoms with Gasteiger partial charge in [0.2, 0.25) is 5.75 Å². The lowest BCUT2D eigenvalue weighted by atomic mass is 9.81. The van der Waals surface area contributed by atoms with Crippen molar-refractivity contribution in [2.75, 3.05) is 45.1 Å². The average molecular weight is 565 g/mol. The summed E-state index contributed by atoms with van der Waals surface area (Å²) < 4.78 is 46.7. The van der Waals surface area contributed by atoms with Gasteiger partial charge in [0.05, 0.1) is 38.9 Å². The molecule has 0 radical (unpaired) electrons. The van der Waals surface area contributed by atoms with E-state index in [-0.39, 0.29) is 17.9 Å². The minimum absolute atomic E-state index is 0.151. The molecule has 2 aromatic heterocycles. The maximum Gasteiger partial charge on any atom is 0.324 e. The number of benzene rings is 2. The molecular weight excluding hydrogens is 534 g/mol. The molecule has 0 bridgehead atoms. The van der Waals surface area contributed by atoms with Crippen molar-refractivity contribution in [2.24, 2.45) is 0 Å². The molecule has 6 rings (SSSR count). The molecule has 2 aliphatic rings. The fourth-order valence-electron chi connectivity index (χ4n) is 6.20. The zero-order chi connectivity index (χ0) is 28.7. The molecule has 2 aromatic carbocycles. The van der Waals surface area contributed by atoms with Gasteiger partial charge in [-0.2, -0.15) is 9.61 Å². The lowest BCUT2D eigenvalue weighted by Gasteiger charge is -2.24. The number of rotatable bonds is 7. The summed E-state index contributed by atoms with van der Waals surface area (Å²) in [5.41, 5.74) is 2.05. The number of fused-ring (bicyclic) bond motifs is 2. The van der Waals surface area contributed by atoms with E-state index >= 15 is 0 Å². The SMILES string of the molecule is COc1cc(NC(=O)Nc2cnc3ccc([C@@H]4C(c5cc(F)ccc5F)CN5CCCC45)nn23)cc(OC)c1OC. The van der Waals surface area contributed by atoms with Crippen LogP contribution in [0.25, 0.3) is 5.65 Å². The van der Waals surface area contributed by atoms with Crippen molar-refractivity contribution >= 4 is 23.2 Å². The maximum absolute atomic E-state index is 14.9. The number of aromatic nitrogens is 3. The van der Waals surface area contributed by atoms with E-state index in [9.17, 15) is 13.6 Å². The number of hydrogen-bond donors (Lipinski definition) is 2. The smallest absolute Gasteiger partial charge is 0.324 e. The van der Waals surface area contributed by atoms with Gasteiger partial charge in [0.1, 0.15) is 11.6 Å². The Morgan fingerprint density at radius 3 is 2.51 bits per heavy atom. The van der Waals surface area contributed by atoms with Crippen LogP contribution in [0, 0.1) is 11.6 Å². The van der Waals surface area contributed by atoms with E-state index in [0.29, 0.717) is 46.5 Å². The lowest BCUT2D eigenvalue weighted by molar-refractivity contribution is 0.262. The number of carbonyl (C=O) groups is 1. The molecule has 214 valence electrons. The van der Waals surface area contributed by atoms with Crippen LogP contribution in [-0.2, 0) is 0 Å². The van der Waals surface area contributed by atoms with Gasteiger partial charge in [-0.3, -0.25) is 10.2 Å². The summed E-state index contributed by atoms with van der Waals surface area (Å²) >= 11 is 0. The second-order valence-corrected chi connectivity index (χ2v) is 10.2. The van der Waals surface area contributed by atoms with E-state index in [2.05, 4.69) is 20.5 Å². The number of hydrogen-bond acceptors (Lipinski definition) is 7. The van der Waals surface area contributed by atoms with E-state index in [0.717, 1.165) is 31.1 Å². The number of imidazole rings is 1. The summed E-state index contributed by atoms with van der Waals surface area (Å²) in [6.07, 6.45) is 3.51. The molecular formula is C29H30F2N6O4. The van der Waals surface area contributed by atoms with Crippen molar-refractivity contribution in [1.82, 2.24) is 19.5 Å². The molecule has 2 aliphatic heterocycles. The molecule has 41 heavy (non-hydrogen) atoms. The molecule has 0 aliphatic carbocycles. The number of amides is 2. The van der Waals surface area contributed by atoms with Gasteiger partial charge in [0, 0.05) is 36.6 Å². The average Bonchev–Trinajstić information content (AvgIpc) is 3.68. The molecule has 0 spiro atoms. The first-order valence-corrected chi connectivity index (χ1v) is 13.3. The highest BCUT2D eigenvalue weighted by Gasteiger charge is 2.46. The molecule has 3 atom stereocenters. The van der Waals surface area contributed by atoms with E-state index < -0.39 is 17.7 Å². The normalized spacial score (nSPS) is 20.2. The first kappa shape index (κ1) is 26.8. The first-order valence-electron chi connectivity index (χ1n) is 13.3. The standard InChI is InChI=1S/C29H30F2N6O4/c1-39-23-12-17(13-24(40-2)28(23)41-3)33-29(38)34-26-14-32-25-9-8-21(35-37(25)26)27-19(15-36-10-4-5-22(27)36)18-11-16(30)6-7-20(18)31/h6-9,11-14,19,22,27H,4-5,10,15H2,1-3H3,(H2,33,34,38)/t19?,22?,27-/m0/s1. The van der Waals surface area contributed by atoms with Crippen LogP contribution in [0.2, 0.25) is 0 Å². The summed E-state index contributed by atoms with van der Waals surface area (Å²) in [6, 6.07) is 10.2. The molecule has 12 heteroatoms. The molecule has 2 saturated heterocycles. The van der Waals surface area contributed by atoms with Gasteiger partial charge in [0.25, 0.3) is 0 Å². The molecule has 2 N–H and O–H groups in total. The van der Waals surface area contributed by atoms with E-state index in [1.165, 1.54) is 39.7 Å². The van der Waals surface area contributed by atoms with Gasteiger partial charge in [-0.25, -0.2) is 18.6 Å². The highest BCUT2D eigenvalue weighted by Crippen LogP contribution is 2.48. The summed E-state index contributed by atoms with van der Waals surface area (Å²) in [5, 5.41) is 10.4. The number of nitrogens with zero attached hydrogens (tertiary/aromatic N) is 4. The Morgan fingerprint density at radius 1 is 1.00 bits per heavy atom. The topological polar surface area (TPSA) is 102 Å². The van der Waals surface area contributed by atoms with Gasteiger partial charge < -0.3 is 19.5 Å². The van der Waals surface area contributed by atoms with Crippen molar-refractivity contribution in [1.29, 1.82) is 0 Å². The van der Waals surface area contributed by atoms with Crippen molar-refractivity contribution in [3.63, 3.8) is 0 Å². The second kappa shape index (κ2) is 10.8. The molecule has 10 nitrogen and oxygen atoms in total. The molecule has 4 aromatic rings. The summed E-state index contributed by atoms with van der Waals surface area (Å²) in [6.45, 7) is 1.54. The van der Waals surface area contributed by atoms with Gasteiger partial charge in [-0.1, -0.05) is 0 Å². The highest BCUT2D eigenvalue weighted by atomic mass is 19.1. The van der Waals surface area contributed by atoms with E-state index in [4.69, 9.17) is 19.3 Å². The predicted molar refractivity (Wildman–Crippen MR) is 148 cm³/mol.